The predicted octanol–water partition coefficient (Wildman–Crippen LogP) is 5.92. The molecule has 1 aromatic heterocycles. The van der Waals surface area contributed by atoms with Gasteiger partial charge in [0.25, 0.3) is 0 Å². The summed E-state index contributed by atoms with van der Waals surface area (Å²) in [6.45, 7) is 5.51. The van der Waals surface area contributed by atoms with E-state index < -0.39 is 0 Å². The van der Waals surface area contributed by atoms with E-state index in [0.29, 0.717) is 46.1 Å². The van der Waals surface area contributed by atoms with E-state index in [9.17, 15) is 0 Å². The zero-order valence-corrected chi connectivity index (χ0v) is 19.2. The Balaban J connectivity index is 1.70. The van der Waals surface area contributed by atoms with Crippen molar-refractivity contribution >= 4 is 35.4 Å². The molecule has 0 amide bonds. The van der Waals surface area contributed by atoms with E-state index in [1.807, 2.05) is 35.9 Å². The molecular formula is C21H24Cl2N4O2S. The number of aryl methyl sites for hydroxylation is 1. The van der Waals surface area contributed by atoms with E-state index in [-0.39, 0.29) is 0 Å². The summed E-state index contributed by atoms with van der Waals surface area (Å²) in [5, 5.41) is 8.12. The number of nitrogens with zero attached hydrogens (tertiary/aromatic N) is 2. The van der Waals surface area contributed by atoms with Gasteiger partial charge < -0.3 is 14.9 Å². The third-order valence-corrected chi connectivity index (χ3v) is 5.36. The van der Waals surface area contributed by atoms with Gasteiger partial charge >= 0.3 is 0 Å². The first-order valence-electron chi connectivity index (χ1n) is 9.74. The summed E-state index contributed by atoms with van der Waals surface area (Å²) in [5.74, 6) is 2.23. The van der Waals surface area contributed by atoms with Crippen LogP contribution in [-0.4, -0.2) is 21.5 Å². The van der Waals surface area contributed by atoms with Gasteiger partial charge in [-0.3, -0.25) is 5.10 Å². The fraction of sp³-hybridized carbons (Fsp3) is 0.333. The monoisotopic (exact) mass is 466 g/mol. The zero-order chi connectivity index (χ0) is 21.5. The predicted molar refractivity (Wildman–Crippen MR) is 123 cm³/mol. The lowest BCUT2D eigenvalue weighted by atomic mass is 10.2. The standard InChI is InChI=1S/C21H24Cl2N4O2S/c1-3-5-20-25-26-21(30)27(20)24-12-14-7-9-18(19(11-14)28-4-2)29-13-15-6-8-16(22)17(23)10-15/h6-11,24H,3-5,12-13H2,1-2H3,(H,26,30). The largest absolute Gasteiger partial charge is 0.490 e. The molecule has 9 heteroatoms. The summed E-state index contributed by atoms with van der Waals surface area (Å²) in [5.41, 5.74) is 5.28. The highest BCUT2D eigenvalue weighted by molar-refractivity contribution is 7.71. The summed E-state index contributed by atoms with van der Waals surface area (Å²) in [4.78, 5) is 0. The van der Waals surface area contributed by atoms with Crippen LogP contribution in [0.5, 0.6) is 11.5 Å². The Hall–Kier alpha value is -2.22. The van der Waals surface area contributed by atoms with Crippen molar-refractivity contribution in [3.05, 3.63) is 68.2 Å². The Morgan fingerprint density at radius 2 is 1.83 bits per heavy atom. The minimum absolute atomic E-state index is 0.360. The molecule has 0 radical (unpaired) electrons. The second kappa shape index (κ2) is 10.7. The fourth-order valence-corrected chi connectivity index (χ4v) is 3.43. The first-order valence-corrected chi connectivity index (χ1v) is 10.9. The smallest absolute Gasteiger partial charge is 0.214 e. The first kappa shape index (κ1) is 22.5. The summed E-state index contributed by atoms with van der Waals surface area (Å²) < 4.78 is 14.1. The van der Waals surface area contributed by atoms with Crippen molar-refractivity contribution in [1.82, 2.24) is 14.9 Å². The van der Waals surface area contributed by atoms with Gasteiger partial charge in [-0.25, -0.2) is 4.68 Å². The van der Waals surface area contributed by atoms with Crippen LogP contribution in [0.25, 0.3) is 0 Å². The molecule has 0 aliphatic heterocycles. The van der Waals surface area contributed by atoms with E-state index in [4.69, 9.17) is 44.9 Å². The van der Waals surface area contributed by atoms with Gasteiger partial charge in [0.1, 0.15) is 6.61 Å². The minimum Gasteiger partial charge on any atom is -0.490 e. The molecule has 0 atom stereocenters. The maximum Gasteiger partial charge on any atom is 0.214 e. The molecule has 3 rings (SSSR count). The molecule has 0 aliphatic carbocycles. The van der Waals surface area contributed by atoms with Gasteiger partial charge in [-0.2, -0.15) is 5.10 Å². The van der Waals surface area contributed by atoms with Gasteiger partial charge in [0.2, 0.25) is 4.77 Å². The van der Waals surface area contributed by atoms with E-state index in [1.54, 1.807) is 12.1 Å². The number of aromatic nitrogens is 3. The zero-order valence-electron chi connectivity index (χ0n) is 16.9. The number of rotatable bonds is 10. The molecule has 30 heavy (non-hydrogen) atoms. The Bertz CT molecular complexity index is 1050. The summed E-state index contributed by atoms with van der Waals surface area (Å²) in [7, 11) is 0. The number of H-pyrrole nitrogens is 1. The third-order valence-electron chi connectivity index (χ3n) is 4.34. The molecule has 0 spiro atoms. The molecule has 0 aliphatic rings. The molecule has 1 heterocycles. The molecule has 0 fully saturated rings. The summed E-state index contributed by atoms with van der Waals surface area (Å²) in [6.07, 6.45) is 1.83. The van der Waals surface area contributed by atoms with Crippen LogP contribution in [0.15, 0.2) is 36.4 Å². The van der Waals surface area contributed by atoms with Gasteiger partial charge in [-0.1, -0.05) is 42.3 Å². The second-order valence-corrected chi connectivity index (χ2v) is 7.82. The second-order valence-electron chi connectivity index (χ2n) is 6.62. The van der Waals surface area contributed by atoms with Gasteiger partial charge in [0.05, 0.1) is 23.2 Å². The number of halogens is 2. The van der Waals surface area contributed by atoms with E-state index >= 15 is 0 Å². The van der Waals surface area contributed by atoms with Crippen molar-refractivity contribution in [3.63, 3.8) is 0 Å². The maximum atomic E-state index is 6.08. The number of ether oxygens (including phenoxy) is 2. The van der Waals surface area contributed by atoms with E-state index in [2.05, 4.69) is 22.5 Å². The van der Waals surface area contributed by atoms with Crippen LogP contribution in [0.2, 0.25) is 10.0 Å². The Kier molecular flexibility index (Phi) is 8.01. The van der Waals surface area contributed by atoms with Crippen molar-refractivity contribution in [3.8, 4) is 11.5 Å². The molecule has 0 saturated carbocycles. The third kappa shape index (κ3) is 5.68. The Labute approximate surface area is 191 Å². The average Bonchev–Trinajstić information content (AvgIpc) is 3.08. The van der Waals surface area contributed by atoms with Gasteiger partial charge in [0, 0.05) is 6.42 Å². The highest BCUT2D eigenvalue weighted by Crippen LogP contribution is 2.30. The van der Waals surface area contributed by atoms with Crippen LogP contribution in [0.3, 0.4) is 0 Å². The molecule has 2 aromatic carbocycles. The van der Waals surface area contributed by atoms with Crippen molar-refractivity contribution in [2.24, 2.45) is 0 Å². The maximum absolute atomic E-state index is 6.08. The fourth-order valence-electron chi connectivity index (χ4n) is 2.89. The van der Waals surface area contributed by atoms with E-state index in [1.165, 1.54) is 0 Å². The first-order chi connectivity index (χ1) is 14.5. The molecule has 6 nitrogen and oxygen atoms in total. The number of hydrogen-bond donors (Lipinski definition) is 2. The lowest BCUT2D eigenvalue weighted by molar-refractivity contribution is 0.269. The van der Waals surface area contributed by atoms with Crippen molar-refractivity contribution in [2.45, 2.75) is 39.8 Å². The van der Waals surface area contributed by atoms with Crippen LogP contribution >= 0.6 is 35.4 Å². The average molecular weight is 467 g/mol. The molecule has 0 saturated heterocycles. The quantitative estimate of drug-likeness (QED) is 0.363. The normalized spacial score (nSPS) is 10.8. The van der Waals surface area contributed by atoms with E-state index in [0.717, 1.165) is 29.8 Å². The van der Waals surface area contributed by atoms with Crippen LogP contribution in [0, 0.1) is 4.77 Å². The summed E-state index contributed by atoms with van der Waals surface area (Å²) in [6, 6.07) is 11.3. The minimum atomic E-state index is 0.360. The van der Waals surface area contributed by atoms with Crippen LogP contribution in [0.1, 0.15) is 37.2 Å². The van der Waals surface area contributed by atoms with Crippen molar-refractivity contribution in [2.75, 3.05) is 12.0 Å². The van der Waals surface area contributed by atoms with Crippen molar-refractivity contribution < 1.29 is 9.47 Å². The van der Waals surface area contributed by atoms with Crippen LogP contribution in [-0.2, 0) is 19.6 Å². The molecule has 0 bridgehead atoms. The Morgan fingerprint density at radius 1 is 1.03 bits per heavy atom. The van der Waals surface area contributed by atoms with Crippen molar-refractivity contribution in [1.29, 1.82) is 0 Å². The Morgan fingerprint density at radius 3 is 2.57 bits per heavy atom. The molecule has 3 aromatic rings. The highest BCUT2D eigenvalue weighted by Gasteiger charge is 2.10. The van der Waals surface area contributed by atoms with Gasteiger partial charge in [-0.05, 0) is 61.0 Å². The number of hydrogen-bond acceptors (Lipinski definition) is 5. The SMILES string of the molecule is CCCc1n[nH]c(=S)n1NCc1ccc(OCc2ccc(Cl)c(Cl)c2)c(OCC)c1. The lowest BCUT2D eigenvalue weighted by Gasteiger charge is -2.15. The number of aromatic amines is 1. The number of nitrogens with one attached hydrogen (secondary N) is 2. The highest BCUT2D eigenvalue weighted by atomic mass is 35.5. The molecular weight excluding hydrogens is 443 g/mol. The topological polar surface area (TPSA) is 64.1 Å². The number of benzene rings is 2. The van der Waals surface area contributed by atoms with Crippen LogP contribution in [0.4, 0.5) is 0 Å². The van der Waals surface area contributed by atoms with Gasteiger partial charge in [0.15, 0.2) is 17.3 Å². The molecule has 160 valence electrons. The summed E-state index contributed by atoms with van der Waals surface area (Å²) >= 11 is 17.4. The van der Waals surface area contributed by atoms with Gasteiger partial charge in [-0.15, -0.1) is 0 Å². The molecule has 0 unspecified atom stereocenters. The lowest BCUT2D eigenvalue weighted by Crippen LogP contribution is -2.17. The van der Waals surface area contributed by atoms with Crippen LogP contribution < -0.4 is 14.9 Å². The molecule has 2 N–H and O–H groups in total.